The summed E-state index contributed by atoms with van der Waals surface area (Å²) in [6.45, 7) is 0. The number of fused-ring (bicyclic) bond motifs is 2. The van der Waals surface area contributed by atoms with E-state index in [1.54, 1.807) is 12.1 Å². The Labute approximate surface area is 148 Å². The molecule has 0 bridgehead atoms. The molecule has 1 aromatic carbocycles. The van der Waals surface area contributed by atoms with Crippen LogP contribution in [0.2, 0.25) is 0 Å². The highest BCUT2D eigenvalue weighted by Crippen LogP contribution is 2.47. The molecule has 3 N–H and O–H groups in total. The summed E-state index contributed by atoms with van der Waals surface area (Å²) in [5, 5.41) is 30.2. The highest BCUT2D eigenvalue weighted by molar-refractivity contribution is 5.94. The van der Waals surface area contributed by atoms with Crippen molar-refractivity contribution < 1.29 is 24.5 Å². The van der Waals surface area contributed by atoms with Crippen molar-refractivity contribution in [1.82, 2.24) is 0 Å². The lowest BCUT2D eigenvalue weighted by atomic mass is 9.75. The molecule has 0 saturated heterocycles. The topological polar surface area (TPSA) is 108 Å². The van der Waals surface area contributed by atoms with Gasteiger partial charge < -0.3 is 19.7 Å². The Hall–Kier alpha value is -3.28. The van der Waals surface area contributed by atoms with Gasteiger partial charge in [0.2, 0.25) is 5.75 Å². The van der Waals surface area contributed by atoms with Crippen molar-refractivity contribution >= 4 is 16.9 Å². The molecule has 0 aromatic heterocycles. The molecule has 2 unspecified atom stereocenters. The monoisotopic (exact) mass is 352 g/mol. The maximum Gasteiger partial charge on any atom is 0.307 e. The number of carbonyl (C=O) groups is 1. The van der Waals surface area contributed by atoms with Gasteiger partial charge in [0.25, 0.3) is 0 Å². The zero-order valence-corrected chi connectivity index (χ0v) is 13.7. The first-order valence-electron chi connectivity index (χ1n) is 8.26. The van der Waals surface area contributed by atoms with Crippen molar-refractivity contribution in [3.8, 4) is 22.8 Å². The SMILES string of the molecule is O=C(O)C1CC=CCC1c1c2ccc(=O)cc-2oc2c(O)c(O)ccc12. The third-order valence-electron chi connectivity index (χ3n) is 4.98. The normalized spacial score (nSPS) is 19.8. The lowest BCUT2D eigenvalue weighted by Crippen LogP contribution is -2.24. The van der Waals surface area contributed by atoms with E-state index in [1.165, 1.54) is 18.2 Å². The number of carboxylic acids is 1. The highest BCUT2D eigenvalue weighted by atomic mass is 16.4. The molecule has 0 spiro atoms. The van der Waals surface area contributed by atoms with E-state index in [2.05, 4.69) is 0 Å². The minimum Gasteiger partial charge on any atom is -0.504 e. The quantitative estimate of drug-likeness (QED) is 0.370. The summed E-state index contributed by atoms with van der Waals surface area (Å²) in [5.41, 5.74) is 1.11. The van der Waals surface area contributed by atoms with E-state index in [0.29, 0.717) is 29.4 Å². The second kappa shape index (κ2) is 5.91. The van der Waals surface area contributed by atoms with Crippen molar-refractivity contribution in [2.24, 2.45) is 5.92 Å². The minimum atomic E-state index is -0.898. The van der Waals surface area contributed by atoms with Crippen LogP contribution in [0.25, 0.3) is 22.3 Å². The summed E-state index contributed by atoms with van der Waals surface area (Å²) in [4.78, 5) is 23.5. The van der Waals surface area contributed by atoms with Gasteiger partial charge in [-0.3, -0.25) is 9.59 Å². The molecule has 26 heavy (non-hydrogen) atoms. The fourth-order valence-corrected chi connectivity index (χ4v) is 3.75. The molecule has 0 radical (unpaired) electrons. The molecule has 3 aliphatic rings. The molecule has 4 rings (SSSR count). The van der Waals surface area contributed by atoms with Gasteiger partial charge in [0.05, 0.1) is 5.92 Å². The smallest absolute Gasteiger partial charge is 0.307 e. The third-order valence-corrected chi connectivity index (χ3v) is 4.98. The first kappa shape index (κ1) is 16.2. The lowest BCUT2D eigenvalue weighted by Gasteiger charge is -2.29. The number of carboxylic acid groups (broad SMARTS) is 1. The number of phenolic OH excluding ortho intramolecular Hbond substituents is 2. The maximum absolute atomic E-state index is 11.8. The van der Waals surface area contributed by atoms with Crippen LogP contribution in [-0.2, 0) is 4.79 Å². The van der Waals surface area contributed by atoms with Crippen molar-refractivity contribution in [2.75, 3.05) is 0 Å². The van der Waals surface area contributed by atoms with E-state index in [4.69, 9.17) is 4.42 Å². The molecule has 2 atom stereocenters. The predicted molar refractivity (Wildman–Crippen MR) is 94.7 cm³/mol. The molecule has 1 heterocycles. The number of aliphatic carboxylic acids is 1. The number of benzene rings is 2. The Morgan fingerprint density at radius 3 is 2.62 bits per heavy atom. The van der Waals surface area contributed by atoms with Crippen LogP contribution >= 0.6 is 0 Å². The number of rotatable bonds is 2. The second-order valence-electron chi connectivity index (χ2n) is 6.48. The Morgan fingerprint density at radius 1 is 1.08 bits per heavy atom. The molecule has 0 fully saturated rings. The largest absolute Gasteiger partial charge is 0.504 e. The number of allylic oxidation sites excluding steroid dienone is 2. The highest BCUT2D eigenvalue weighted by Gasteiger charge is 2.34. The average molecular weight is 352 g/mol. The molecular weight excluding hydrogens is 336 g/mol. The molecule has 132 valence electrons. The van der Waals surface area contributed by atoms with Crippen molar-refractivity contribution in [3.63, 3.8) is 0 Å². The van der Waals surface area contributed by atoms with Crippen LogP contribution in [-0.4, -0.2) is 21.3 Å². The van der Waals surface area contributed by atoms with Crippen LogP contribution in [0.1, 0.15) is 24.3 Å². The number of hydrogen-bond donors (Lipinski definition) is 3. The first-order valence-corrected chi connectivity index (χ1v) is 8.26. The Morgan fingerprint density at radius 2 is 1.85 bits per heavy atom. The zero-order valence-electron chi connectivity index (χ0n) is 13.7. The van der Waals surface area contributed by atoms with Crippen LogP contribution < -0.4 is 5.43 Å². The molecule has 6 heteroatoms. The summed E-state index contributed by atoms with van der Waals surface area (Å²) in [7, 11) is 0. The summed E-state index contributed by atoms with van der Waals surface area (Å²) < 4.78 is 5.69. The van der Waals surface area contributed by atoms with Crippen molar-refractivity contribution in [1.29, 1.82) is 0 Å². The van der Waals surface area contributed by atoms with E-state index < -0.39 is 17.6 Å². The van der Waals surface area contributed by atoms with Crippen LogP contribution in [0.5, 0.6) is 11.5 Å². The Kier molecular flexibility index (Phi) is 3.68. The fourth-order valence-electron chi connectivity index (χ4n) is 3.75. The molecule has 0 amide bonds. The molecule has 0 saturated carbocycles. The van der Waals surface area contributed by atoms with Gasteiger partial charge >= 0.3 is 5.97 Å². The zero-order chi connectivity index (χ0) is 18.4. The molecular formula is C20H16O6. The third kappa shape index (κ3) is 2.42. The lowest BCUT2D eigenvalue weighted by molar-refractivity contribution is -0.142. The molecule has 6 nitrogen and oxygen atoms in total. The van der Waals surface area contributed by atoms with Gasteiger partial charge in [-0.15, -0.1) is 0 Å². The van der Waals surface area contributed by atoms with E-state index in [-0.39, 0.29) is 28.4 Å². The van der Waals surface area contributed by atoms with E-state index in [9.17, 15) is 24.9 Å². The van der Waals surface area contributed by atoms with Gasteiger partial charge in [0, 0.05) is 22.9 Å². The molecule has 1 aliphatic heterocycles. The number of aromatic hydroxyl groups is 2. The summed E-state index contributed by atoms with van der Waals surface area (Å²) in [5.74, 6) is -2.40. The van der Waals surface area contributed by atoms with Crippen molar-refractivity contribution in [2.45, 2.75) is 18.8 Å². The van der Waals surface area contributed by atoms with Crippen molar-refractivity contribution in [3.05, 3.63) is 58.3 Å². The average Bonchev–Trinajstić information content (AvgIpc) is 2.63. The first-order chi connectivity index (χ1) is 12.5. The Balaban J connectivity index is 2.11. The standard InChI is InChI=1S/C20H16O6/c21-10-5-6-13-16(9-10)26-19-14(7-8-15(22)18(19)23)17(13)11-3-1-2-4-12(11)20(24)25/h1-2,5-9,11-12,22-23H,3-4H2,(H,24,25). The van der Waals surface area contributed by atoms with Gasteiger partial charge in [-0.25, -0.2) is 0 Å². The molecule has 2 aliphatic carbocycles. The summed E-state index contributed by atoms with van der Waals surface area (Å²) in [6, 6.07) is 7.28. The summed E-state index contributed by atoms with van der Waals surface area (Å²) >= 11 is 0. The van der Waals surface area contributed by atoms with Crippen LogP contribution in [0.4, 0.5) is 0 Å². The van der Waals surface area contributed by atoms with Gasteiger partial charge in [0.1, 0.15) is 5.76 Å². The number of hydrogen-bond acceptors (Lipinski definition) is 5. The van der Waals surface area contributed by atoms with Gasteiger partial charge in [-0.1, -0.05) is 12.2 Å². The van der Waals surface area contributed by atoms with Gasteiger partial charge in [-0.2, -0.15) is 0 Å². The van der Waals surface area contributed by atoms with Crippen LogP contribution in [0, 0.1) is 5.92 Å². The van der Waals surface area contributed by atoms with E-state index >= 15 is 0 Å². The number of phenols is 2. The van der Waals surface area contributed by atoms with E-state index in [1.807, 2.05) is 12.2 Å². The van der Waals surface area contributed by atoms with Gasteiger partial charge in [0.15, 0.2) is 16.8 Å². The second-order valence-corrected chi connectivity index (χ2v) is 6.48. The van der Waals surface area contributed by atoms with Crippen LogP contribution in [0.15, 0.2) is 51.7 Å². The predicted octanol–water partition coefficient (Wildman–Crippen LogP) is 3.44. The van der Waals surface area contributed by atoms with Gasteiger partial charge in [-0.05, 0) is 42.7 Å². The Bertz CT molecular complexity index is 1080. The molecule has 1 aromatic rings. The van der Waals surface area contributed by atoms with E-state index in [0.717, 1.165) is 0 Å². The summed E-state index contributed by atoms with van der Waals surface area (Å²) in [6.07, 6.45) is 4.71. The van der Waals surface area contributed by atoms with Crippen LogP contribution in [0.3, 0.4) is 0 Å². The minimum absolute atomic E-state index is 0.0387. The fraction of sp³-hybridized carbons (Fsp3) is 0.200. The maximum atomic E-state index is 11.8.